The SMILES string of the molecule is Cc1cc(C)c(C(NC=O)[N+](=O)[O-])cc1C. The van der Waals surface area contributed by atoms with Crippen LogP contribution in [0.5, 0.6) is 0 Å². The summed E-state index contributed by atoms with van der Waals surface area (Å²) < 4.78 is 0. The predicted molar refractivity (Wildman–Crippen MR) is 59.6 cm³/mol. The largest absolute Gasteiger partial charge is 0.312 e. The highest BCUT2D eigenvalue weighted by Gasteiger charge is 2.23. The number of carbonyl (C=O) groups is 1. The third-order valence-corrected chi connectivity index (χ3v) is 2.61. The summed E-state index contributed by atoms with van der Waals surface area (Å²) in [6.07, 6.45) is -0.820. The van der Waals surface area contributed by atoms with Crippen LogP contribution < -0.4 is 5.32 Å². The third kappa shape index (κ3) is 2.36. The zero-order valence-corrected chi connectivity index (χ0v) is 9.48. The third-order valence-electron chi connectivity index (χ3n) is 2.61. The molecule has 1 aromatic carbocycles. The predicted octanol–water partition coefficient (Wildman–Crippen LogP) is 1.63. The molecule has 0 aromatic heterocycles. The molecule has 0 bridgehead atoms. The lowest BCUT2D eigenvalue weighted by molar-refractivity contribution is -0.533. The topological polar surface area (TPSA) is 72.2 Å². The summed E-state index contributed by atoms with van der Waals surface area (Å²) >= 11 is 0. The van der Waals surface area contributed by atoms with Crippen molar-refractivity contribution in [1.82, 2.24) is 5.32 Å². The van der Waals surface area contributed by atoms with E-state index in [1.807, 2.05) is 19.9 Å². The maximum atomic E-state index is 10.8. The fourth-order valence-electron chi connectivity index (χ4n) is 1.61. The monoisotopic (exact) mass is 222 g/mol. The minimum absolute atomic E-state index is 0.349. The molecule has 5 heteroatoms. The molecule has 5 nitrogen and oxygen atoms in total. The lowest BCUT2D eigenvalue weighted by atomic mass is 9.99. The van der Waals surface area contributed by atoms with E-state index in [0.29, 0.717) is 12.0 Å². The van der Waals surface area contributed by atoms with Gasteiger partial charge in [-0.3, -0.25) is 20.2 Å². The number of aryl methyl sites for hydroxylation is 3. The zero-order valence-electron chi connectivity index (χ0n) is 9.48. The Balaban J connectivity index is 3.23. The van der Waals surface area contributed by atoms with Crippen molar-refractivity contribution >= 4 is 6.41 Å². The molecule has 0 spiro atoms. The fourth-order valence-corrected chi connectivity index (χ4v) is 1.61. The molecule has 0 radical (unpaired) electrons. The minimum atomic E-state index is -1.17. The Morgan fingerprint density at radius 1 is 1.25 bits per heavy atom. The first-order valence-electron chi connectivity index (χ1n) is 4.88. The van der Waals surface area contributed by atoms with E-state index in [1.165, 1.54) is 0 Å². The van der Waals surface area contributed by atoms with Crippen molar-refractivity contribution in [3.8, 4) is 0 Å². The number of benzene rings is 1. The van der Waals surface area contributed by atoms with Crippen LogP contribution in [0.3, 0.4) is 0 Å². The van der Waals surface area contributed by atoms with E-state index < -0.39 is 11.1 Å². The number of nitro groups is 1. The molecule has 0 saturated carbocycles. The highest BCUT2D eigenvalue weighted by molar-refractivity contribution is 5.48. The van der Waals surface area contributed by atoms with Crippen molar-refractivity contribution in [1.29, 1.82) is 0 Å². The Labute approximate surface area is 93.6 Å². The highest BCUT2D eigenvalue weighted by atomic mass is 16.6. The van der Waals surface area contributed by atoms with E-state index in [4.69, 9.17) is 0 Å². The van der Waals surface area contributed by atoms with Crippen LogP contribution in [-0.2, 0) is 4.79 Å². The molecular weight excluding hydrogens is 208 g/mol. The number of amides is 1. The van der Waals surface area contributed by atoms with Crippen molar-refractivity contribution in [2.45, 2.75) is 26.9 Å². The van der Waals surface area contributed by atoms with Gasteiger partial charge >= 0.3 is 6.17 Å². The fraction of sp³-hybridized carbons (Fsp3) is 0.364. The number of rotatable bonds is 4. The van der Waals surface area contributed by atoms with Gasteiger partial charge in [0.1, 0.15) is 0 Å². The first-order valence-corrected chi connectivity index (χ1v) is 4.88. The first-order chi connectivity index (χ1) is 7.47. The molecule has 1 aromatic rings. The molecule has 1 unspecified atom stereocenters. The van der Waals surface area contributed by atoms with Gasteiger partial charge < -0.3 is 0 Å². The number of nitrogens with one attached hydrogen (secondary N) is 1. The molecule has 0 fully saturated rings. The average molecular weight is 222 g/mol. The maximum Gasteiger partial charge on any atom is 0.312 e. The van der Waals surface area contributed by atoms with Crippen LogP contribution >= 0.6 is 0 Å². The van der Waals surface area contributed by atoms with E-state index in [0.717, 1.165) is 16.7 Å². The summed E-state index contributed by atoms with van der Waals surface area (Å²) in [6.45, 7) is 5.63. The van der Waals surface area contributed by atoms with E-state index in [-0.39, 0.29) is 0 Å². The van der Waals surface area contributed by atoms with Crippen LogP contribution in [-0.4, -0.2) is 11.3 Å². The van der Waals surface area contributed by atoms with Gasteiger partial charge in [0.05, 0.1) is 10.5 Å². The molecule has 1 N–H and O–H groups in total. The number of nitrogens with zero attached hydrogens (tertiary/aromatic N) is 1. The van der Waals surface area contributed by atoms with Gasteiger partial charge in [-0.05, 0) is 43.5 Å². The molecular formula is C11H14N2O3. The van der Waals surface area contributed by atoms with Crippen molar-refractivity contribution < 1.29 is 9.72 Å². The van der Waals surface area contributed by atoms with Crippen LogP contribution in [0.25, 0.3) is 0 Å². The number of hydrogen-bond acceptors (Lipinski definition) is 3. The van der Waals surface area contributed by atoms with Crippen LogP contribution in [0.2, 0.25) is 0 Å². The van der Waals surface area contributed by atoms with Gasteiger partial charge in [-0.1, -0.05) is 6.07 Å². The van der Waals surface area contributed by atoms with Crippen LogP contribution in [0.15, 0.2) is 12.1 Å². The van der Waals surface area contributed by atoms with E-state index in [9.17, 15) is 14.9 Å². The molecule has 0 saturated heterocycles. The zero-order chi connectivity index (χ0) is 12.3. The molecule has 1 amide bonds. The second-order valence-corrected chi connectivity index (χ2v) is 3.77. The Kier molecular flexibility index (Phi) is 3.60. The van der Waals surface area contributed by atoms with Crippen molar-refractivity contribution in [3.63, 3.8) is 0 Å². The quantitative estimate of drug-likeness (QED) is 0.364. The van der Waals surface area contributed by atoms with Gasteiger partial charge in [-0.25, -0.2) is 0 Å². The molecule has 0 heterocycles. The van der Waals surface area contributed by atoms with Crippen molar-refractivity contribution in [2.75, 3.05) is 0 Å². The first kappa shape index (κ1) is 12.2. The highest BCUT2D eigenvalue weighted by Crippen LogP contribution is 2.21. The number of hydrogen-bond donors (Lipinski definition) is 1. The molecule has 0 aliphatic heterocycles. The van der Waals surface area contributed by atoms with Crippen molar-refractivity contribution in [2.24, 2.45) is 0 Å². The minimum Gasteiger partial charge on any atom is -0.293 e. The standard InChI is InChI=1S/C11H14N2O3/c1-7-4-9(3)10(5-8(7)2)11(12-6-14)13(15)16/h4-6,11H,1-3H3,(H,12,14). The Hall–Kier alpha value is -1.91. The molecule has 0 aliphatic rings. The molecule has 0 aliphatic carbocycles. The average Bonchev–Trinajstić information content (AvgIpc) is 2.20. The van der Waals surface area contributed by atoms with Gasteiger partial charge in [0, 0.05) is 0 Å². The van der Waals surface area contributed by atoms with Gasteiger partial charge in [0.15, 0.2) is 0 Å². The lowest BCUT2D eigenvalue weighted by Gasteiger charge is -2.13. The summed E-state index contributed by atoms with van der Waals surface area (Å²) in [6, 6.07) is 3.63. The summed E-state index contributed by atoms with van der Waals surface area (Å²) in [4.78, 5) is 20.7. The van der Waals surface area contributed by atoms with E-state index in [1.54, 1.807) is 13.0 Å². The number of carbonyl (C=O) groups excluding carboxylic acids is 1. The Bertz CT molecular complexity index is 429. The van der Waals surface area contributed by atoms with Crippen LogP contribution in [0, 0.1) is 30.9 Å². The summed E-state index contributed by atoms with van der Waals surface area (Å²) in [5.41, 5.74) is 3.38. The van der Waals surface area contributed by atoms with Crippen LogP contribution in [0.1, 0.15) is 28.4 Å². The molecule has 86 valence electrons. The van der Waals surface area contributed by atoms with Gasteiger partial charge in [0.2, 0.25) is 6.41 Å². The Morgan fingerprint density at radius 3 is 2.31 bits per heavy atom. The van der Waals surface area contributed by atoms with Gasteiger partial charge in [-0.2, -0.15) is 0 Å². The smallest absolute Gasteiger partial charge is 0.293 e. The second-order valence-electron chi connectivity index (χ2n) is 3.77. The van der Waals surface area contributed by atoms with Crippen LogP contribution in [0.4, 0.5) is 0 Å². The molecule has 16 heavy (non-hydrogen) atoms. The summed E-state index contributed by atoms with van der Waals surface area (Å²) in [5.74, 6) is 0. The lowest BCUT2D eigenvalue weighted by Crippen LogP contribution is -2.27. The van der Waals surface area contributed by atoms with E-state index >= 15 is 0 Å². The molecule has 1 rings (SSSR count). The Morgan fingerprint density at radius 2 is 1.81 bits per heavy atom. The summed E-state index contributed by atoms with van der Waals surface area (Å²) in [5, 5.41) is 13.0. The normalized spacial score (nSPS) is 11.9. The maximum absolute atomic E-state index is 10.8. The van der Waals surface area contributed by atoms with Crippen molar-refractivity contribution in [3.05, 3.63) is 44.5 Å². The van der Waals surface area contributed by atoms with E-state index in [2.05, 4.69) is 5.32 Å². The molecule has 1 atom stereocenters. The summed E-state index contributed by atoms with van der Waals surface area (Å²) in [7, 11) is 0. The van der Waals surface area contributed by atoms with Gasteiger partial charge in [-0.15, -0.1) is 0 Å². The van der Waals surface area contributed by atoms with Gasteiger partial charge in [0.25, 0.3) is 0 Å². The second kappa shape index (κ2) is 4.74.